The molecule has 0 aliphatic heterocycles. The Morgan fingerprint density at radius 2 is 2.00 bits per heavy atom. The zero-order valence-corrected chi connectivity index (χ0v) is 7.92. The molecular formula is C8H17NO3. The molecule has 0 bridgehead atoms. The van der Waals surface area contributed by atoms with E-state index in [0.717, 1.165) is 0 Å². The first-order chi connectivity index (χ1) is 5.48. The molecule has 0 aromatic carbocycles. The molecule has 0 aliphatic rings. The van der Waals surface area contributed by atoms with E-state index in [1.165, 1.54) is 6.92 Å². The number of Topliss-reactive ketones (excluding diaryl/α,β-unsaturated/α-hetero) is 1. The average Bonchev–Trinajstić information content (AvgIpc) is 1.98. The molecule has 0 radical (unpaired) electrons. The lowest BCUT2D eigenvalue weighted by Crippen LogP contribution is -2.32. The predicted molar refractivity (Wildman–Crippen MR) is 45.7 cm³/mol. The Labute approximate surface area is 73.0 Å². The Kier molecular flexibility index (Phi) is 5.04. The lowest BCUT2D eigenvalue weighted by Gasteiger charge is -2.24. The van der Waals surface area contributed by atoms with E-state index in [-0.39, 0.29) is 12.4 Å². The number of rotatable bonds is 6. The molecule has 0 aliphatic carbocycles. The number of hydrogen-bond donors (Lipinski definition) is 1. The van der Waals surface area contributed by atoms with Crippen LogP contribution in [0.4, 0.5) is 0 Å². The standard InChI is InChI=1S/C8H17NO3/c1-7(10)6-12-8(2,3)11-5-4-9/h4-6,9H2,1-3H3. The van der Waals surface area contributed by atoms with E-state index in [4.69, 9.17) is 15.2 Å². The number of carbonyl (C=O) groups is 1. The molecule has 0 rings (SSSR count). The quantitative estimate of drug-likeness (QED) is 0.590. The van der Waals surface area contributed by atoms with Crippen molar-refractivity contribution >= 4 is 5.78 Å². The van der Waals surface area contributed by atoms with Gasteiger partial charge in [-0.25, -0.2) is 0 Å². The van der Waals surface area contributed by atoms with Crippen molar-refractivity contribution < 1.29 is 14.3 Å². The first-order valence-electron chi connectivity index (χ1n) is 3.95. The van der Waals surface area contributed by atoms with E-state index in [9.17, 15) is 4.79 Å². The molecule has 72 valence electrons. The van der Waals surface area contributed by atoms with Gasteiger partial charge in [0.2, 0.25) is 0 Å². The molecule has 0 unspecified atom stereocenters. The third-order valence-corrected chi connectivity index (χ3v) is 1.19. The number of carbonyl (C=O) groups excluding carboxylic acids is 1. The summed E-state index contributed by atoms with van der Waals surface area (Å²) < 4.78 is 10.4. The van der Waals surface area contributed by atoms with Crippen molar-refractivity contribution in [2.24, 2.45) is 5.73 Å². The largest absolute Gasteiger partial charge is 0.349 e. The van der Waals surface area contributed by atoms with Crippen LogP contribution in [0.3, 0.4) is 0 Å². The summed E-state index contributed by atoms with van der Waals surface area (Å²) >= 11 is 0. The van der Waals surface area contributed by atoms with Gasteiger partial charge in [0.05, 0.1) is 6.61 Å². The Morgan fingerprint density at radius 3 is 2.42 bits per heavy atom. The Morgan fingerprint density at radius 1 is 1.42 bits per heavy atom. The highest BCUT2D eigenvalue weighted by Crippen LogP contribution is 2.09. The van der Waals surface area contributed by atoms with Crippen molar-refractivity contribution in [2.45, 2.75) is 26.6 Å². The molecule has 0 atom stereocenters. The number of hydrogen-bond acceptors (Lipinski definition) is 4. The Bertz CT molecular complexity index is 145. The van der Waals surface area contributed by atoms with E-state index in [1.807, 2.05) is 0 Å². The summed E-state index contributed by atoms with van der Waals surface area (Å²) in [4.78, 5) is 10.6. The molecule has 0 saturated carbocycles. The molecule has 0 aromatic heterocycles. The van der Waals surface area contributed by atoms with Gasteiger partial charge in [0, 0.05) is 6.54 Å². The van der Waals surface area contributed by atoms with Crippen LogP contribution in [0.5, 0.6) is 0 Å². The van der Waals surface area contributed by atoms with Crippen LogP contribution >= 0.6 is 0 Å². The van der Waals surface area contributed by atoms with Gasteiger partial charge in [-0.15, -0.1) is 0 Å². The van der Waals surface area contributed by atoms with Crippen LogP contribution in [0.15, 0.2) is 0 Å². The van der Waals surface area contributed by atoms with Gasteiger partial charge in [-0.2, -0.15) is 0 Å². The summed E-state index contributed by atoms with van der Waals surface area (Å²) in [6, 6.07) is 0. The molecular weight excluding hydrogens is 158 g/mol. The van der Waals surface area contributed by atoms with Gasteiger partial charge in [-0.05, 0) is 20.8 Å². The van der Waals surface area contributed by atoms with Gasteiger partial charge >= 0.3 is 0 Å². The predicted octanol–water partition coefficient (Wildman–Crippen LogP) is 0.303. The third-order valence-electron chi connectivity index (χ3n) is 1.19. The summed E-state index contributed by atoms with van der Waals surface area (Å²) in [7, 11) is 0. The summed E-state index contributed by atoms with van der Waals surface area (Å²) in [6.07, 6.45) is 0. The van der Waals surface area contributed by atoms with Crippen molar-refractivity contribution in [1.82, 2.24) is 0 Å². The van der Waals surface area contributed by atoms with E-state index >= 15 is 0 Å². The van der Waals surface area contributed by atoms with Crippen LogP contribution in [-0.4, -0.2) is 31.3 Å². The fourth-order valence-electron chi connectivity index (χ4n) is 0.622. The minimum Gasteiger partial charge on any atom is -0.349 e. The topological polar surface area (TPSA) is 61.5 Å². The Hall–Kier alpha value is -0.450. The fraction of sp³-hybridized carbons (Fsp3) is 0.875. The number of nitrogens with two attached hydrogens (primary N) is 1. The van der Waals surface area contributed by atoms with Crippen molar-refractivity contribution in [3.8, 4) is 0 Å². The summed E-state index contributed by atoms with van der Waals surface area (Å²) in [5.41, 5.74) is 5.24. The molecule has 2 N–H and O–H groups in total. The van der Waals surface area contributed by atoms with Crippen LogP contribution in [0, 0.1) is 0 Å². The molecule has 0 amide bonds. The highest BCUT2D eigenvalue weighted by molar-refractivity contribution is 5.76. The molecule has 0 heterocycles. The monoisotopic (exact) mass is 175 g/mol. The molecule has 0 saturated heterocycles. The average molecular weight is 175 g/mol. The molecule has 0 spiro atoms. The SMILES string of the molecule is CC(=O)COC(C)(C)OCCN. The van der Waals surface area contributed by atoms with E-state index in [2.05, 4.69) is 0 Å². The first kappa shape index (κ1) is 11.6. The van der Waals surface area contributed by atoms with E-state index in [1.54, 1.807) is 13.8 Å². The second-order valence-electron chi connectivity index (χ2n) is 3.03. The minimum absolute atomic E-state index is 0.0144. The van der Waals surface area contributed by atoms with Crippen LogP contribution in [0.25, 0.3) is 0 Å². The molecule has 0 fully saturated rings. The first-order valence-corrected chi connectivity index (χ1v) is 3.95. The van der Waals surface area contributed by atoms with Crippen molar-refractivity contribution in [1.29, 1.82) is 0 Å². The van der Waals surface area contributed by atoms with Gasteiger partial charge in [0.25, 0.3) is 0 Å². The zero-order valence-electron chi connectivity index (χ0n) is 7.92. The third kappa shape index (κ3) is 6.27. The van der Waals surface area contributed by atoms with Crippen molar-refractivity contribution in [3.63, 3.8) is 0 Å². The highest BCUT2D eigenvalue weighted by Gasteiger charge is 2.18. The van der Waals surface area contributed by atoms with Crippen molar-refractivity contribution in [3.05, 3.63) is 0 Å². The van der Waals surface area contributed by atoms with E-state index in [0.29, 0.717) is 13.2 Å². The van der Waals surface area contributed by atoms with Gasteiger partial charge < -0.3 is 15.2 Å². The maximum Gasteiger partial charge on any atom is 0.163 e. The lowest BCUT2D eigenvalue weighted by atomic mass is 10.3. The van der Waals surface area contributed by atoms with Crippen LogP contribution in [-0.2, 0) is 14.3 Å². The van der Waals surface area contributed by atoms with Crippen LogP contribution < -0.4 is 5.73 Å². The highest BCUT2D eigenvalue weighted by atomic mass is 16.7. The van der Waals surface area contributed by atoms with E-state index < -0.39 is 5.79 Å². The van der Waals surface area contributed by atoms with Gasteiger partial charge in [-0.3, -0.25) is 4.79 Å². The summed E-state index contributed by atoms with van der Waals surface area (Å²) in [6.45, 7) is 5.95. The zero-order chi connectivity index (χ0) is 9.61. The maximum absolute atomic E-state index is 10.6. The number of ether oxygens (including phenoxy) is 2. The normalized spacial score (nSPS) is 11.7. The number of ketones is 1. The second-order valence-corrected chi connectivity index (χ2v) is 3.03. The fourth-order valence-corrected chi connectivity index (χ4v) is 0.622. The van der Waals surface area contributed by atoms with Gasteiger partial charge in [-0.1, -0.05) is 0 Å². The second kappa shape index (κ2) is 5.24. The molecule has 4 heteroatoms. The summed E-state index contributed by atoms with van der Waals surface area (Å²) in [5.74, 6) is -0.732. The molecule has 0 aromatic rings. The molecule has 4 nitrogen and oxygen atoms in total. The van der Waals surface area contributed by atoms with Crippen LogP contribution in [0.1, 0.15) is 20.8 Å². The minimum atomic E-state index is -0.717. The van der Waals surface area contributed by atoms with Crippen LogP contribution in [0.2, 0.25) is 0 Å². The maximum atomic E-state index is 10.6. The smallest absolute Gasteiger partial charge is 0.163 e. The molecule has 12 heavy (non-hydrogen) atoms. The van der Waals surface area contributed by atoms with Gasteiger partial charge in [0.1, 0.15) is 6.61 Å². The Balaban J connectivity index is 3.63. The van der Waals surface area contributed by atoms with Gasteiger partial charge in [0.15, 0.2) is 11.6 Å². The van der Waals surface area contributed by atoms with Crippen molar-refractivity contribution in [2.75, 3.05) is 19.8 Å². The lowest BCUT2D eigenvalue weighted by molar-refractivity contribution is -0.210. The summed E-state index contributed by atoms with van der Waals surface area (Å²) in [5, 5.41) is 0.